The minimum Gasteiger partial charge on any atom is -0.462 e. The highest BCUT2D eigenvalue weighted by Gasteiger charge is 2.25. The van der Waals surface area contributed by atoms with Gasteiger partial charge in [0.05, 0.1) is 17.0 Å². The number of carbonyl (C=O) groups is 3. The zero-order valence-electron chi connectivity index (χ0n) is 16.4. The highest BCUT2D eigenvalue weighted by atomic mass is 32.1. The minimum atomic E-state index is -0.500. The summed E-state index contributed by atoms with van der Waals surface area (Å²) in [5.74, 6) is -0.744. The SMILES string of the molecule is CCCCCCCCCC(=O)Nc1sc(C(C)=O)c(C)c1C(=O)OCC. The van der Waals surface area contributed by atoms with E-state index in [9.17, 15) is 14.4 Å². The molecule has 146 valence electrons. The molecule has 1 aromatic heterocycles. The number of anilines is 1. The summed E-state index contributed by atoms with van der Waals surface area (Å²) in [6, 6.07) is 0. The van der Waals surface area contributed by atoms with E-state index in [-0.39, 0.29) is 18.3 Å². The Labute approximate surface area is 160 Å². The van der Waals surface area contributed by atoms with Gasteiger partial charge in [-0.25, -0.2) is 4.79 Å². The zero-order chi connectivity index (χ0) is 19.5. The molecule has 1 amide bonds. The van der Waals surface area contributed by atoms with Crippen molar-refractivity contribution in [3.63, 3.8) is 0 Å². The molecule has 0 aromatic carbocycles. The number of rotatable bonds is 12. The quantitative estimate of drug-likeness (QED) is 0.294. The molecule has 0 bridgehead atoms. The highest BCUT2D eigenvalue weighted by Crippen LogP contribution is 2.34. The van der Waals surface area contributed by atoms with Gasteiger partial charge in [-0.1, -0.05) is 45.4 Å². The molecule has 0 aliphatic rings. The zero-order valence-corrected chi connectivity index (χ0v) is 17.2. The topological polar surface area (TPSA) is 72.5 Å². The number of esters is 1. The van der Waals surface area contributed by atoms with Gasteiger partial charge < -0.3 is 10.1 Å². The summed E-state index contributed by atoms with van der Waals surface area (Å²) in [6.07, 6.45) is 8.40. The second kappa shape index (κ2) is 11.8. The maximum Gasteiger partial charge on any atom is 0.341 e. The third kappa shape index (κ3) is 6.90. The number of ether oxygens (including phenoxy) is 1. The summed E-state index contributed by atoms with van der Waals surface area (Å²) >= 11 is 1.15. The van der Waals surface area contributed by atoms with Crippen LogP contribution in [0.15, 0.2) is 0 Å². The second-order valence-corrected chi connectivity index (χ2v) is 7.48. The van der Waals surface area contributed by atoms with Crippen LogP contribution < -0.4 is 5.32 Å². The normalized spacial score (nSPS) is 10.6. The van der Waals surface area contributed by atoms with Gasteiger partial charge in [-0.05, 0) is 32.8 Å². The Hall–Kier alpha value is -1.69. The van der Waals surface area contributed by atoms with Gasteiger partial charge in [0.15, 0.2) is 5.78 Å². The number of Topliss-reactive ketones (excluding diaryl/α,β-unsaturated/α-hetero) is 1. The molecule has 26 heavy (non-hydrogen) atoms. The average Bonchev–Trinajstić information content (AvgIpc) is 2.90. The Morgan fingerprint density at radius 1 is 1.00 bits per heavy atom. The first-order valence-corrected chi connectivity index (χ1v) is 10.3. The molecule has 0 unspecified atom stereocenters. The maximum absolute atomic E-state index is 12.2. The van der Waals surface area contributed by atoms with Gasteiger partial charge in [0.2, 0.25) is 5.91 Å². The van der Waals surface area contributed by atoms with E-state index in [2.05, 4.69) is 12.2 Å². The Bertz CT molecular complexity index is 622. The van der Waals surface area contributed by atoms with E-state index >= 15 is 0 Å². The van der Waals surface area contributed by atoms with E-state index in [1.807, 2.05) is 0 Å². The van der Waals surface area contributed by atoms with Gasteiger partial charge in [-0.15, -0.1) is 11.3 Å². The maximum atomic E-state index is 12.2. The molecule has 0 spiro atoms. The molecule has 0 saturated heterocycles. The number of hydrogen-bond acceptors (Lipinski definition) is 5. The fourth-order valence-electron chi connectivity index (χ4n) is 2.82. The molecule has 1 aromatic rings. The first-order chi connectivity index (χ1) is 12.4. The highest BCUT2D eigenvalue weighted by molar-refractivity contribution is 7.18. The lowest BCUT2D eigenvalue weighted by Crippen LogP contribution is -2.14. The molecule has 1 heterocycles. The summed E-state index contributed by atoms with van der Waals surface area (Å²) < 4.78 is 5.07. The van der Waals surface area contributed by atoms with Crippen LogP contribution in [-0.4, -0.2) is 24.3 Å². The first-order valence-electron chi connectivity index (χ1n) is 9.53. The number of thiophene rings is 1. The molecule has 0 radical (unpaired) electrons. The molecule has 0 aliphatic heterocycles. The number of amides is 1. The lowest BCUT2D eigenvalue weighted by atomic mass is 10.1. The van der Waals surface area contributed by atoms with Crippen molar-refractivity contribution in [2.24, 2.45) is 0 Å². The second-order valence-electron chi connectivity index (χ2n) is 6.46. The van der Waals surface area contributed by atoms with Crippen LogP contribution in [-0.2, 0) is 9.53 Å². The van der Waals surface area contributed by atoms with Crippen molar-refractivity contribution >= 4 is 34.0 Å². The summed E-state index contributed by atoms with van der Waals surface area (Å²) in [5, 5.41) is 3.22. The molecule has 0 saturated carbocycles. The van der Waals surface area contributed by atoms with Crippen LogP contribution in [0.5, 0.6) is 0 Å². The van der Waals surface area contributed by atoms with Crippen LogP contribution >= 0.6 is 11.3 Å². The molecule has 1 N–H and O–H groups in total. The first kappa shape index (κ1) is 22.4. The molecule has 1 rings (SSSR count). The number of carbonyl (C=O) groups excluding carboxylic acids is 3. The Balaban J connectivity index is 2.64. The van der Waals surface area contributed by atoms with Crippen molar-refractivity contribution in [3.05, 3.63) is 16.0 Å². The van der Waals surface area contributed by atoms with Gasteiger partial charge in [0, 0.05) is 6.42 Å². The predicted octanol–water partition coefficient (Wildman–Crippen LogP) is 5.52. The number of hydrogen-bond donors (Lipinski definition) is 1. The fraction of sp³-hybridized carbons (Fsp3) is 0.650. The van der Waals surface area contributed by atoms with E-state index in [0.29, 0.717) is 27.4 Å². The van der Waals surface area contributed by atoms with Gasteiger partial charge in [-0.3, -0.25) is 9.59 Å². The lowest BCUT2D eigenvalue weighted by molar-refractivity contribution is -0.116. The average molecular weight is 382 g/mol. The third-order valence-electron chi connectivity index (χ3n) is 4.21. The van der Waals surface area contributed by atoms with Crippen LogP contribution in [0.25, 0.3) is 0 Å². The van der Waals surface area contributed by atoms with Gasteiger partial charge in [0.25, 0.3) is 0 Å². The molecular formula is C20H31NO4S. The largest absolute Gasteiger partial charge is 0.462 e. The minimum absolute atomic E-state index is 0.120. The number of unbranched alkanes of at least 4 members (excludes halogenated alkanes) is 6. The summed E-state index contributed by atoms with van der Waals surface area (Å²) in [4.78, 5) is 36.7. The molecular weight excluding hydrogens is 350 g/mol. The Morgan fingerprint density at radius 2 is 1.62 bits per heavy atom. The molecule has 0 aliphatic carbocycles. The van der Waals surface area contributed by atoms with Crippen LogP contribution in [0.1, 0.15) is 97.7 Å². The van der Waals surface area contributed by atoms with Crippen molar-refractivity contribution in [2.75, 3.05) is 11.9 Å². The molecule has 0 fully saturated rings. The van der Waals surface area contributed by atoms with Crippen molar-refractivity contribution in [3.8, 4) is 0 Å². The summed E-state index contributed by atoms with van der Waals surface area (Å²) in [7, 11) is 0. The van der Waals surface area contributed by atoms with Crippen molar-refractivity contribution in [1.29, 1.82) is 0 Å². The van der Waals surface area contributed by atoms with Crippen LogP contribution in [0.2, 0.25) is 0 Å². The smallest absolute Gasteiger partial charge is 0.341 e. The summed E-state index contributed by atoms with van der Waals surface area (Å²) in [6.45, 7) is 7.33. The number of nitrogens with one attached hydrogen (secondary N) is 1. The standard InChI is InChI=1S/C20H31NO4S/c1-5-7-8-9-10-11-12-13-16(23)21-19-17(20(24)25-6-2)14(3)18(26-19)15(4)22/h5-13H2,1-4H3,(H,21,23). The van der Waals surface area contributed by atoms with Crippen LogP contribution in [0.3, 0.4) is 0 Å². The number of ketones is 1. The van der Waals surface area contributed by atoms with Gasteiger partial charge >= 0.3 is 5.97 Å². The van der Waals surface area contributed by atoms with Gasteiger partial charge in [0.1, 0.15) is 5.00 Å². The van der Waals surface area contributed by atoms with E-state index in [1.54, 1.807) is 13.8 Å². The van der Waals surface area contributed by atoms with Crippen LogP contribution in [0.4, 0.5) is 5.00 Å². The van der Waals surface area contributed by atoms with Crippen molar-refractivity contribution in [2.45, 2.75) is 79.1 Å². The van der Waals surface area contributed by atoms with Crippen molar-refractivity contribution in [1.82, 2.24) is 0 Å². The van der Waals surface area contributed by atoms with E-state index in [0.717, 1.165) is 30.6 Å². The Morgan fingerprint density at radius 3 is 2.19 bits per heavy atom. The van der Waals surface area contributed by atoms with E-state index < -0.39 is 5.97 Å². The van der Waals surface area contributed by atoms with E-state index in [4.69, 9.17) is 4.74 Å². The van der Waals surface area contributed by atoms with Gasteiger partial charge in [-0.2, -0.15) is 0 Å². The monoisotopic (exact) mass is 381 g/mol. The molecule has 5 nitrogen and oxygen atoms in total. The van der Waals surface area contributed by atoms with Crippen LogP contribution in [0, 0.1) is 6.92 Å². The predicted molar refractivity (Wildman–Crippen MR) is 106 cm³/mol. The third-order valence-corrected chi connectivity index (χ3v) is 5.51. The molecule has 6 heteroatoms. The van der Waals surface area contributed by atoms with E-state index in [1.165, 1.54) is 32.6 Å². The lowest BCUT2D eigenvalue weighted by Gasteiger charge is -2.07. The van der Waals surface area contributed by atoms with Crippen molar-refractivity contribution < 1.29 is 19.1 Å². The Kier molecular flexibility index (Phi) is 10.2. The summed E-state index contributed by atoms with van der Waals surface area (Å²) in [5.41, 5.74) is 0.877. The molecule has 0 atom stereocenters. The fourth-order valence-corrected chi connectivity index (χ4v) is 3.92.